The van der Waals surface area contributed by atoms with E-state index in [0.717, 1.165) is 4.90 Å². The molecule has 5 nitrogen and oxygen atoms in total. The maximum Gasteiger partial charge on any atom is 0.278 e. The Labute approximate surface area is 56.9 Å². The molecule has 0 aliphatic carbocycles. The number of oxime groups is 1. The van der Waals surface area contributed by atoms with Gasteiger partial charge in [-0.3, -0.25) is 14.5 Å². The highest BCUT2D eigenvalue weighted by Crippen LogP contribution is 2.05. The number of likely N-dealkylation sites (tertiary alicyclic amines) is 1. The Hall–Kier alpha value is -1.39. The van der Waals surface area contributed by atoms with Gasteiger partial charge < -0.3 is 5.21 Å². The van der Waals surface area contributed by atoms with Gasteiger partial charge in [0.1, 0.15) is 0 Å². The third-order valence-corrected chi connectivity index (χ3v) is 1.36. The van der Waals surface area contributed by atoms with E-state index >= 15 is 0 Å². The Kier molecular flexibility index (Phi) is 1.41. The van der Waals surface area contributed by atoms with E-state index in [0.29, 0.717) is 0 Å². The summed E-state index contributed by atoms with van der Waals surface area (Å²) in [5, 5.41) is 10.8. The molecule has 0 radical (unpaired) electrons. The van der Waals surface area contributed by atoms with Gasteiger partial charge in [0.15, 0.2) is 5.71 Å². The van der Waals surface area contributed by atoms with Crippen molar-refractivity contribution in [3.05, 3.63) is 0 Å². The van der Waals surface area contributed by atoms with Gasteiger partial charge in [-0.2, -0.15) is 0 Å². The van der Waals surface area contributed by atoms with E-state index in [1.807, 2.05) is 0 Å². The molecule has 2 amide bonds. The van der Waals surface area contributed by atoms with Crippen LogP contribution in [0.3, 0.4) is 0 Å². The summed E-state index contributed by atoms with van der Waals surface area (Å²) < 4.78 is 0. The zero-order valence-corrected chi connectivity index (χ0v) is 5.37. The Bertz CT molecular complexity index is 221. The van der Waals surface area contributed by atoms with Crippen LogP contribution in [0.4, 0.5) is 0 Å². The minimum atomic E-state index is -0.521. The topological polar surface area (TPSA) is 70.0 Å². The molecular weight excluding hydrogens is 136 g/mol. The number of amides is 2. The van der Waals surface area contributed by atoms with Crippen molar-refractivity contribution in [2.45, 2.75) is 6.42 Å². The average Bonchev–Trinajstić information content (AvgIpc) is 2.17. The number of nitrogens with zero attached hydrogens (tertiary/aromatic N) is 2. The van der Waals surface area contributed by atoms with Gasteiger partial charge in [0.25, 0.3) is 5.91 Å². The second kappa shape index (κ2) is 2.09. The molecule has 1 N–H and O–H groups in total. The van der Waals surface area contributed by atoms with Gasteiger partial charge in [-0.1, -0.05) is 5.16 Å². The molecule has 10 heavy (non-hydrogen) atoms. The molecule has 0 aromatic rings. The third kappa shape index (κ3) is 0.754. The smallest absolute Gasteiger partial charge is 0.278 e. The molecule has 0 saturated carbocycles. The Morgan fingerprint density at radius 2 is 2.20 bits per heavy atom. The molecule has 0 aromatic carbocycles. The maximum atomic E-state index is 10.8. The largest absolute Gasteiger partial charge is 0.410 e. The summed E-state index contributed by atoms with van der Waals surface area (Å²) in [6.07, 6.45) is -0.0914. The first kappa shape index (κ1) is 6.73. The second-order valence-electron chi connectivity index (χ2n) is 1.98. The Morgan fingerprint density at radius 3 is 2.40 bits per heavy atom. The summed E-state index contributed by atoms with van der Waals surface area (Å²) >= 11 is 0. The molecular formula is C5H6N2O3. The molecule has 1 aliphatic heterocycles. The highest BCUT2D eigenvalue weighted by Gasteiger charge is 2.32. The quantitative estimate of drug-likeness (QED) is 0.273. The van der Waals surface area contributed by atoms with Crippen molar-refractivity contribution in [1.82, 2.24) is 4.90 Å². The summed E-state index contributed by atoms with van der Waals surface area (Å²) in [6, 6.07) is 0. The number of imide groups is 1. The number of rotatable bonds is 0. The molecule has 1 aliphatic rings. The standard InChI is InChI=1S/C5H6N2O3/c1-7-4(8)2-3(6-10)5(7)9/h10H,2H2,1H3/b6-3+. The number of carbonyl (C=O) groups excluding carboxylic acids is 2. The van der Waals surface area contributed by atoms with Gasteiger partial charge in [0, 0.05) is 7.05 Å². The zero-order chi connectivity index (χ0) is 7.72. The fraction of sp³-hybridized carbons (Fsp3) is 0.400. The van der Waals surface area contributed by atoms with Crippen LogP contribution >= 0.6 is 0 Å². The van der Waals surface area contributed by atoms with E-state index in [1.165, 1.54) is 7.05 Å². The van der Waals surface area contributed by atoms with Gasteiger partial charge in [0.2, 0.25) is 5.91 Å². The zero-order valence-electron chi connectivity index (χ0n) is 5.37. The average molecular weight is 142 g/mol. The van der Waals surface area contributed by atoms with Crippen molar-refractivity contribution in [3.8, 4) is 0 Å². The normalized spacial score (nSPS) is 22.9. The third-order valence-electron chi connectivity index (χ3n) is 1.36. The van der Waals surface area contributed by atoms with E-state index in [2.05, 4.69) is 5.16 Å². The van der Waals surface area contributed by atoms with E-state index in [9.17, 15) is 9.59 Å². The van der Waals surface area contributed by atoms with Gasteiger partial charge in [-0.05, 0) is 0 Å². The van der Waals surface area contributed by atoms with E-state index in [-0.39, 0.29) is 18.0 Å². The van der Waals surface area contributed by atoms with Crippen LogP contribution < -0.4 is 0 Å². The van der Waals surface area contributed by atoms with E-state index < -0.39 is 5.91 Å². The summed E-state index contributed by atoms with van der Waals surface area (Å²) in [5.74, 6) is -0.856. The minimum absolute atomic E-state index is 0.0903. The molecule has 1 heterocycles. The van der Waals surface area contributed by atoms with E-state index in [1.54, 1.807) is 0 Å². The number of carbonyl (C=O) groups is 2. The van der Waals surface area contributed by atoms with Gasteiger partial charge in [0.05, 0.1) is 6.42 Å². The van der Waals surface area contributed by atoms with Crippen LogP contribution in [0.15, 0.2) is 5.16 Å². The van der Waals surface area contributed by atoms with Crippen LogP contribution in [0.5, 0.6) is 0 Å². The molecule has 0 aromatic heterocycles. The summed E-state index contributed by atoms with van der Waals surface area (Å²) in [7, 11) is 1.35. The highest BCUT2D eigenvalue weighted by molar-refractivity contribution is 6.48. The van der Waals surface area contributed by atoms with Crippen molar-refractivity contribution in [3.63, 3.8) is 0 Å². The molecule has 1 rings (SSSR count). The van der Waals surface area contributed by atoms with Gasteiger partial charge >= 0.3 is 0 Å². The van der Waals surface area contributed by atoms with Crippen molar-refractivity contribution in [2.24, 2.45) is 5.16 Å². The molecule has 0 bridgehead atoms. The van der Waals surface area contributed by atoms with Crippen LogP contribution in [0.25, 0.3) is 0 Å². The molecule has 1 fully saturated rings. The van der Waals surface area contributed by atoms with Crippen molar-refractivity contribution in [1.29, 1.82) is 0 Å². The molecule has 0 spiro atoms. The lowest BCUT2D eigenvalue weighted by molar-refractivity contribution is -0.135. The van der Waals surface area contributed by atoms with Crippen LogP contribution in [0.2, 0.25) is 0 Å². The minimum Gasteiger partial charge on any atom is -0.410 e. The molecule has 54 valence electrons. The highest BCUT2D eigenvalue weighted by atomic mass is 16.4. The molecule has 0 unspecified atom stereocenters. The van der Waals surface area contributed by atoms with Crippen LogP contribution in [-0.2, 0) is 9.59 Å². The Balaban J connectivity index is 2.92. The predicted molar refractivity (Wildman–Crippen MR) is 31.6 cm³/mol. The Morgan fingerprint density at radius 1 is 1.60 bits per heavy atom. The van der Waals surface area contributed by atoms with Crippen LogP contribution in [0, 0.1) is 0 Å². The fourth-order valence-electron chi connectivity index (χ4n) is 0.722. The molecule has 5 heteroatoms. The lowest BCUT2D eigenvalue weighted by Crippen LogP contribution is -2.25. The first-order valence-corrected chi connectivity index (χ1v) is 2.68. The lowest BCUT2D eigenvalue weighted by Gasteiger charge is -2.00. The van der Waals surface area contributed by atoms with Crippen molar-refractivity contribution in [2.75, 3.05) is 7.05 Å². The SMILES string of the molecule is CN1C(=O)C/C(=N\O)C1=O. The predicted octanol–water partition coefficient (Wildman–Crippen LogP) is -0.795. The number of hydrogen-bond donors (Lipinski definition) is 1. The van der Waals surface area contributed by atoms with E-state index in [4.69, 9.17) is 5.21 Å². The maximum absolute atomic E-state index is 10.8. The molecule has 0 atom stereocenters. The second-order valence-corrected chi connectivity index (χ2v) is 1.98. The van der Waals surface area contributed by atoms with Crippen molar-refractivity contribution < 1.29 is 14.8 Å². The van der Waals surface area contributed by atoms with Crippen LogP contribution in [0.1, 0.15) is 6.42 Å². The lowest BCUT2D eigenvalue weighted by atomic mass is 10.3. The van der Waals surface area contributed by atoms with Crippen molar-refractivity contribution >= 4 is 17.5 Å². The summed E-state index contributed by atoms with van der Waals surface area (Å²) in [6.45, 7) is 0. The summed E-state index contributed by atoms with van der Waals surface area (Å²) in [4.78, 5) is 22.4. The summed E-state index contributed by atoms with van der Waals surface area (Å²) in [5.41, 5.74) is -0.0903. The fourth-order valence-corrected chi connectivity index (χ4v) is 0.722. The van der Waals surface area contributed by atoms with Gasteiger partial charge in [-0.25, -0.2) is 0 Å². The number of hydrogen-bond acceptors (Lipinski definition) is 4. The monoisotopic (exact) mass is 142 g/mol. The van der Waals surface area contributed by atoms with Gasteiger partial charge in [-0.15, -0.1) is 0 Å². The first-order chi connectivity index (χ1) is 4.66. The first-order valence-electron chi connectivity index (χ1n) is 2.68. The van der Waals surface area contributed by atoms with Crippen LogP contribution in [-0.4, -0.2) is 34.7 Å². The molecule has 1 saturated heterocycles.